The lowest BCUT2D eigenvalue weighted by Gasteiger charge is -2.13. The highest BCUT2D eigenvalue weighted by molar-refractivity contribution is 7.97. The molecule has 6 heteroatoms. The average molecular weight is 493 g/mol. The third-order valence-corrected chi connectivity index (χ3v) is 6.90. The van der Waals surface area contributed by atoms with Gasteiger partial charge in [0.25, 0.3) is 5.91 Å². The number of aryl methyl sites for hydroxylation is 3. The maximum Gasteiger partial charge on any atom is 0.278 e. The Bertz CT molecular complexity index is 1280. The second kappa shape index (κ2) is 11.0. The fraction of sp³-hybridized carbons (Fsp3) is 0.250. The summed E-state index contributed by atoms with van der Waals surface area (Å²) in [6.45, 7) is 5.17. The molecule has 0 fully saturated rings. The highest BCUT2D eigenvalue weighted by Crippen LogP contribution is 2.30. The third kappa shape index (κ3) is 5.26. The van der Waals surface area contributed by atoms with Gasteiger partial charge in [-0.15, -0.1) is 0 Å². The Hall–Kier alpha value is -2.89. The van der Waals surface area contributed by atoms with Crippen molar-refractivity contribution in [3.63, 3.8) is 0 Å². The van der Waals surface area contributed by atoms with Gasteiger partial charge in [0.1, 0.15) is 11.4 Å². The minimum absolute atomic E-state index is 0.0699. The van der Waals surface area contributed by atoms with E-state index < -0.39 is 0 Å². The molecule has 176 valence electrons. The average Bonchev–Trinajstić information content (AvgIpc) is 3.14. The SMILES string of the molecule is CSNC(=O)c1c(CCCOc2cc(C)c(Cl)c(C)c2)c2ccccc2n1Cc1ccccc1. The Kier molecular flexibility index (Phi) is 7.86. The van der Waals surface area contributed by atoms with E-state index in [1.54, 1.807) is 0 Å². The maximum atomic E-state index is 13.2. The van der Waals surface area contributed by atoms with Crippen molar-refractivity contribution < 1.29 is 9.53 Å². The Morgan fingerprint density at radius 1 is 1.03 bits per heavy atom. The molecular formula is C28H29ClN2O2S. The summed E-state index contributed by atoms with van der Waals surface area (Å²) in [6.07, 6.45) is 3.40. The first kappa shape index (κ1) is 24.2. The number of hydrogen-bond acceptors (Lipinski definition) is 3. The topological polar surface area (TPSA) is 43.3 Å². The van der Waals surface area contributed by atoms with Gasteiger partial charge in [0, 0.05) is 28.7 Å². The molecule has 1 N–H and O–H groups in total. The molecular weight excluding hydrogens is 464 g/mol. The number of aromatic nitrogens is 1. The summed E-state index contributed by atoms with van der Waals surface area (Å²) in [7, 11) is 0. The number of carbonyl (C=O) groups is 1. The monoisotopic (exact) mass is 492 g/mol. The zero-order valence-electron chi connectivity index (χ0n) is 19.7. The second-order valence-electron chi connectivity index (χ2n) is 8.37. The summed E-state index contributed by atoms with van der Waals surface area (Å²) in [6, 6.07) is 22.4. The Labute approximate surface area is 210 Å². The first-order valence-electron chi connectivity index (χ1n) is 11.4. The van der Waals surface area contributed by atoms with Crippen molar-refractivity contribution >= 4 is 40.4 Å². The van der Waals surface area contributed by atoms with Crippen LogP contribution in [0.1, 0.15) is 39.2 Å². The molecule has 1 heterocycles. The molecule has 4 rings (SSSR count). The van der Waals surface area contributed by atoms with Gasteiger partial charge < -0.3 is 9.30 Å². The highest BCUT2D eigenvalue weighted by atomic mass is 35.5. The van der Waals surface area contributed by atoms with E-state index in [1.807, 2.05) is 62.6 Å². The minimum Gasteiger partial charge on any atom is -0.494 e. The Balaban J connectivity index is 1.62. The van der Waals surface area contributed by atoms with Crippen molar-refractivity contribution in [2.45, 2.75) is 33.2 Å². The van der Waals surface area contributed by atoms with Crippen LogP contribution >= 0.6 is 23.5 Å². The summed E-state index contributed by atoms with van der Waals surface area (Å²) in [5.74, 6) is 0.755. The fourth-order valence-electron chi connectivity index (χ4n) is 4.39. The van der Waals surface area contributed by atoms with Crippen LogP contribution in [-0.2, 0) is 13.0 Å². The molecule has 4 nitrogen and oxygen atoms in total. The van der Waals surface area contributed by atoms with Crippen molar-refractivity contribution in [1.29, 1.82) is 0 Å². The molecule has 0 atom stereocenters. The van der Waals surface area contributed by atoms with Crippen molar-refractivity contribution in [1.82, 2.24) is 9.29 Å². The molecule has 0 saturated carbocycles. The van der Waals surface area contributed by atoms with Crippen LogP contribution in [0.15, 0.2) is 66.7 Å². The van der Waals surface area contributed by atoms with Gasteiger partial charge in [-0.1, -0.05) is 72.1 Å². The summed E-state index contributed by atoms with van der Waals surface area (Å²) >= 11 is 7.60. The van der Waals surface area contributed by atoms with E-state index in [2.05, 4.69) is 33.6 Å². The van der Waals surface area contributed by atoms with Gasteiger partial charge in [0.05, 0.1) is 6.61 Å². The van der Waals surface area contributed by atoms with E-state index in [0.29, 0.717) is 13.2 Å². The molecule has 34 heavy (non-hydrogen) atoms. The predicted octanol–water partition coefficient (Wildman–Crippen LogP) is 6.98. The van der Waals surface area contributed by atoms with E-state index in [9.17, 15) is 4.79 Å². The molecule has 4 aromatic rings. The number of nitrogens with zero attached hydrogens (tertiary/aromatic N) is 1. The zero-order valence-corrected chi connectivity index (χ0v) is 21.3. The summed E-state index contributed by atoms with van der Waals surface area (Å²) in [5.41, 5.74) is 6.03. The van der Waals surface area contributed by atoms with Gasteiger partial charge in [-0.25, -0.2) is 0 Å². The van der Waals surface area contributed by atoms with Gasteiger partial charge in [0.2, 0.25) is 0 Å². The number of para-hydroxylation sites is 1. The molecule has 0 spiro atoms. The minimum atomic E-state index is -0.0699. The number of rotatable bonds is 9. The number of benzene rings is 3. The number of fused-ring (bicyclic) bond motifs is 1. The standard InChI is InChI=1S/C28H29ClN2O2S/c1-19-16-22(17-20(2)26(19)29)33-15-9-13-24-23-12-7-8-14-25(23)31(27(24)28(32)30-34-3)18-21-10-5-4-6-11-21/h4-8,10-12,14,16-17H,9,13,15,18H2,1-3H3,(H,30,32). The van der Waals surface area contributed by atoms with Gasteiger partial charge >= 0.3 is 0 Å². The van der Waals surface area contributed by atoms with Crippen molar-refractivity contribution in [3.05, 3.63) is 99.7 Å². The number of ether oxygens (including phenoxy) is 1. The van der Waals surface area contributed by atoms with Gasteiger partial charge in [-0.3, -0.25) is 9.52 Å². The quantitative estimate of drug-likeness (QED) is 0.202. The van der Waals surface area contributed by atoms with Crippen LogP contribution in [0, 0.1) is 13.8 Å². The molecule has 0 radical (unpaired) electrons. The smallest absolute Gasteiger partial charge is 0.278 e. The summed E-state index contributed by atoms with van der Waals surface area (Å²) in [5, 5.41) is 1.89. The molecule has 1 amide bonds. The van der Waals surface area contributed by atoms with E-state index >= 15 is 0 Å². The van der Waals surface area contributed by atoms with Gasteiger partial charge in [-0.05, 0) is 67.1 Å². The molecule has 1 aromatic heterocycles. The molecule has 3 aromatic carbocycles. The Morgan fingerprint density at radius 3 is 2.41 bits per heavy atom. The van der Waals surface area contributed by atoms with Crippen LogP contribution in [0.3, 0.4) is 0 Å². The lowest BCUT2D eigenvalue weighted by Crippen LogP contribution is -2.22. The highest BCUT2D eigenvalue weighted by Gasteiger charge is 2.22. The van der Waals surface area contributed by atoms with Crippen LogP contribution in [0.2, 0.25) is 5.02 Å². The first-order chi connectivity index (χ1) is 16.5. The van der Waals surface area contributed by atoms with Gasteiger partial charge in [-0.2, -0.15) is 0 Å². The normalized spacial score (nSPS) is 11.1. The maximum absolute atomic E-state index is 13.2. The largest absolute Gasteiger partial charge is 0.494 e. The number of halogens is 1. The number of carbonyl (C=O) groups excluding carboxylic acids is 1. The third-order valence-electron chi connectivity index (χ3n) is 5.92. The van der Waals surface area contributed by atoms with Crippen molar-refractivity contribution in [2.24, 2.45) is 0 Å². The number of amides is 1. The van der Waals surface area contributed by atoms with Crippen LogP contribution in [0.5, 0.6) is 5.75 Å². The first-order valence-corrected chi connectivity index (χ1v) is 13.0. The van der Waals surface area contributed by atoms with Crippen LogP contribution in [-0.4, -0.2) is 23.3 Å². The second-order valence-corrected chi connectivity index (χ2v) is 9.36. The molecule has 0 aliphatic rings. The molecule has 0 saturated heterocycles. The molecule has 0 unspecified atom stereocenters. The van der Waals surface area contributed by atoms with E-state index in [4.69, 9.17) is 16.3 Å². The molecule has 0 bridgehead atoms. The fourth-order valence-corrected chi connectivity index (χ4v) is 4.78. The van der Waals surface area contributed by atoms with Crippen molar-refractivity contribution in [2.75, 3.05) is 12.9 Å². The van der Waals surface area contributed by atoms with Crippen LogP contribution < -0.4 is 9.46 Å². The molecule has 0 aliphatic carbocycles. The van der Waals surface area contributed by atoms with E-state index in [0.717, 1.165) is 62.5 Å². The van der Waals surface area contributed by atoms with Gasteiger partial charge in [0.15, 0.2) is 0 Å². The number of nitrogens with one attached hydrogen (secondary N) is 1. The van der Waals surface area contributed by atoms with Crippen LogP contribution in [0.25, 0.3) is 10.9 Å². The predicted molar refractivity (Wildman–Crippen MR) is 143 cm³/mol. The zero-order chi connectivity index (χ0) is 24.1. The van der Waals surface area contributed by atoms with Crippen LogP contribution in [0.4, 0.5) is 0 Å². The molecule has 0 aliphatic heterocycles. The number of hydrogen-bond donors (Lipinski definition) is 1. The van der Waals surface area contributed by atoms with E-state index in [1.165, 1.54) is 11.9 Å². The van der Waals surface area contributed by atoms with Crippen molar-refractivity contribution in [3.8, 4) is 5.75 Å². The summed E-state index contributed by atoms with van der Waals surface area (Å²) in [4.78, 5) is 13.2. The summed E-state index contributed by atoms with van der Waals surface area (Å²) < 4.78 is 11.1. The lowest BCUT2D eigenvalue weighted by molar-refractivity contribution is 0.0975. The Morgan fingerprint density at radius 2 is 1.71 bits per heavy atom. The lowest BCUT2D eigenvalue weighted by atomic mass is 10.1. The van der Waals surface area contributed by atoms with E-state index in [-0.39, 0.29) is 5.91 Å².